The van der Waals surface area contributed by atoms with Crippen LogP contribution in [0.5, 0.6) is 0 Å². The highest BCUT2D eigenvalue weighted by atomic mass is 35.7. The van der Waals surface area contributed by atoms with Crippen LogP contribution in [0, 0.1) is 6.92 Å². The Hall–Kier alpha value is -1.53. The molecule has 0 saturated carbocycles. The Kier molecular flexibility index (Phi) is 4.04. The van der Waals surface area contributed by atoms with Crippen LogP contribution in [0.3, 0.4) is 0 Å². The highest BCUT2D eigenvalue weighted by molar-refractivity contribution is 8.13. The first-order valence-corrected chi connectivity index (χ1v) is 8.79. The first kappa shape index (κ1) is 15.9. The van der Waals surface area contributed by atoms with E-state index in [9.17, 15) is 13.2 Å². The summed E-state index contributed by atoms with van der Waals surface area (Å²) in [6, 6.07) is 5.92. The first-order valence-electron chi connectivity index (χ1n) is 6.48. The molecule has 2 rings (SSSR count). The lowest BCUT2D eigenvalue weighted by Crippen LogP contribution is -2.21. The maximum absolute atomic E-state index is 12.5. The van der Waals surface area contributed by atoms with Gasteiger partial charge in [-0.1, -0.05) is 13.8 Å². The highest BCUT2D eigenvalue weighted by Crippen LogP contribution is 2.20. The Morgan fingerprint density at radius 2 is 1.67 bits per heavy atom. The molecule has 0 atom stereocenters. The summed E-state index contributed by atoms with van der Waals surface area (Å²) < 4.78 is 25.8. The van der Waals surface area contributed by atoms with E-state index in [4.69, 9.17) is 10.7 Å². The second-order valence-corrected chi connectivity index (χ2v) is 7.79. The summed E-state index contributed by atoms with van der Waals surface area (Å²) in [5.41, 5.74) is 2.16. The molecule has 0 aliphatic rings. The van der Waals surface area contributed by atoms with Crippen molar-refractivity contribution in [2.45, 2.75) is 31.6 Å². The molecule has 21 heavy (non-hydrogen) atoms. The fourth-order valence-electron chi connectivity index (χ4n) is 2.43. The van der Waals surface area contributed by atoms with E-state index in [1.165, 1.54) is 16.8 Å². The number of halogens is 1. The van der Waals surface area contributed by atoms with Crippen molar-refractivity contribution < 1.29 is 8.42 Å². The van der Waals surface area contributed by atoms with E-state index in [-0.39, 0.29) is 16.4 Å². The second kappa shape index (κ2) is 5.35. The topological polar surface area (TPSA) is 61.1 Å². The summed E-state index contributed by atoms with van der Waals surface area (Å²) in [4.78, 5) is 12.5. The third-order valence-corrected chi connectivity index (χ3v) is 4.91. The molecule has 0 aliphatic carbocycles. The first-order chi connectivity index (χ1) is 9.64. The monoisotopic (exact) mass is 328 g/mol. The van der Waals surface area contributed by atoms with Crippen molar-refractivity contribution in [3.05, 3.63) is 45.9 Å². The average Bonchev–Trinajstić information content (AvgIpc) is 2.59. The van der Waals surface area contributed by atoms with Crippen LogP contribution in [0.2, 0.25) is 0 Å². The van der Waals surface area contributed by atoms with E-state index in [2.05, 4.69) is 0 Å². The molecule has 1 aromatic carbocycles. The van der Waals surface area contributed by atoms with Crippen molar-refractivity contribution in [1.29, 1.82) is 0 Å². The van der Waals surface area contributed by atoms with Gasteiger partial charge in [-0.15, -0.1) is 0 Å². The summed E-state index contributed by atoms with van der Waals surface area (Å²) in [5, 5.41) is 0. The Balaban J connectivity index is 2.64. The molecule has 0 N–H and O–H groups in total. The molecule has 114 valence electrons. The van der Waals surface area contributed by atoms with Gasteiger partial charge < -0.3 is 0 Å². The molecule has 0 spiro atoms. The van der Waals surface area contributed by atoms with Gasteiger partial charge in [0.15, 0.2) is 0 Å². The zero-order valence-corrected chi connectivity index (χ0v) is 13.9. The molecule has 1 aromatic heterocycles. The Morgan fingerprint density at radius 3 is 2.05 bits per heavy atom. The molecule has 2 aromatic rings. The number of aromatic nitrogens is 2. The van der Waals surface area contributed by atoms with Crippen LogP contribution in [0.4, 0.5) is 0 Å². The largest absolute Gasteiger partial charge is 0.285 e. The highest BCUT2D eigenvalue weighted by Gasteiger charge is 2.18. The zero-order valence-electron chi connectivity index (χ0n) is 12.3. The van der Waals surface area contributed by atoms with Gasteiger partial charge in [-0.05, 0) is 37.1 Å². The molecule has 1 heterocycles. The van der Waals surface area contributed by atoms with Gasteiger partial charge in [0.05, 0.1) is 10.6 Å². The van der Waals surface area contributed by atoms with Crippen molar-refractivity contribution in [3.63, 3.8) is 0 Å². The molecule has 5 nitrogen and oxygen atoms in total. The zero-order chi connectivity index (χ0) is 15.9. The Bertz CT molecular complexity index is 830. The Morgan fingerprint density at radius 1 is 1.14 bits per heavy atom. The molecule has 0 unspecified atom stereocenters. The van der Waals surface area contributed by atoms with Crippen LogP contribution in [0.15, 0.2) is 34.0 Å². The van der Waals surface area contributed by atoms with Gasteiger partial charge in [0.25, 0.3) is 14.6 Å². The molecule has 0 bridgehead atoms. The molecule has 7 heteroatoms. The number of hydrogen-bond acceptors (Lipinski definition) is 3. The molecule has 0 aliphatic heterocycles. The minimum absolute atomic E-state index is 0.0102. The molecular formula is C14H17ClN2O3S. The average molecular weight is 329 g/mol. The van der Waals surface area contributed by atoms with Gasteiger partial charge in [-0.2, -0.15) is 0 Å². The van der Waals surface area contributed by atoms with E-state index in [0.29, 0.717) is 5.69 Å². The van der Waals surface area contributed by atoms with Gasteiger partial charge in [-0.3, -0.25) is 9.48 Å². The minimum Gasteiger partial charge on any atom is -0.285 e. The van der Waals surface area contributed by atoms with Crippen LogP contribution in [0.1, 0.15) is 31.0 Å². The standard InChI is InChI=1S/C14H17ClN2O3S/c1-9(2)13-10(3)16(4)17(14(13)18)11-5-7-12(8-6-11)21(15,19)20/h5-9H,1-4H3. The molecular weight excluding hydrogens is 312 g/mol. The van der Waals surface area contributed by atoms with Crippen LogP contribution in [0.25, 0.3) is 5.69 Å². The minimum atomic E-state index is -3.76. The normalized spacial score (nSPS) is 12.1. The third kappa shape index (κ3) is 2.78. The number of benzene rings is 1. The van der Waals surface area contributed by atoms with Crippen LogP contribution < -0.4 is 5.56 Å². The fourth-order valence-corrected chi connectivity index (χ4v) is 3.20. The van der Waals surface area contributed by atoms with Crippen molar-refractivity contribution in [1.82, 2.24) is 9.36 Å². The maximum Gasteiger partial charge on any atom is 0.275 e. The number of nitrogens with zero attached hydrogens (tertiary/aromatic N) is 2. The van der Waals surface area contributed by atoms with E-state index in [0.717, 1.165) is 11.3 Å². The van der Waals surface area contributed by atoms with Gasteiger partial charge >= 0.3 is 0 Å². The summed E-state index contributed by atoms with van der Waals surface area (Å²) in [7, 11) is 3.33. The summed E-state index contributed by atoms with van der Waals surface area (Å²) in [6.45, 7) is 5.83. The summed E-state index contributed by atoms with van der Waals surface area (Å²) in [5.74, 6) is 0.118. The van der Waals surface area contributed by atoms with Gasteiger partial charge in [0.2, 0.25) is 0 Å². The predicted octanol–water partition coefficient (Wildman–Crippen LogP) is 2.54. The van der Waals surface area contributed by atoms with E-state index < -0.39 is 9.05 Å². The van der Waals surface area contributed by atoms with Crippen molar-refractivity contribution in [3.8, 4) is 5.69 Å². The van der Waals surface area contributed by atoms with Crippen molar-refractivity contribution >= 4 is 19.7 Å². The van der Waals surface area contributed by atoms with Gasteiger partial charge in [0.1, 0.15) is 0 Å². The summed E-state index contributed by atoms with van der Waals surface area (Å²) >= 11 is 0. The number of rotatable bonds is 3. The van der Waals surface area contributed by atoms with Crippen LogP contribution in [-0.2, 0) is 16.1 Å². The molecule has 0 fully saturated rings. The molecule has 0 amide bonds. The van der Waals surface area contributed by atoms with Gasteiger partial charge in [0, 0.05) is 29.0 Å². The molecule has 0 radical (unpaired) electrons. The van der Waals surface area contributed by atoms with Crippen LogP contribution in [-0.4, -0.2) is 17.8 Å². The van der Waals surface area contributed by atoms with E-state index >= 15 is 0 Å². The maximum atomic E-state index is 12.5. The molecule has 0 saturated heterocycles. The van der Waals surface area contributed by atoms with E-state index in [1.54, 1.807) is 23.9 Å². The van der Waals surface area contributed by atoms with Crippen LogP contribution >= 0.6 is 10.7 Å². The Labute approximate surface area is 128 Å². The fraction of sp³-hybridized carbons (Fsp3) is 0.357. The number of hydrogen-bond donors (Lipinski definition) is 0. The quantitative estimate of drug-likeness (QED) is 0.813. The lowest BCUT2D eigenvalue weighted by molar-refractivity contribution is 0.609. The SMILES string of the molecule is Cc1c(C(C)C)c(=O)n(-c2ccc(S(=O)(=O)Cl)cc2)n1C. The third-order valence-electron chi connectivity index (χ3n) is 3.54. The second-order valence-electron chi connectivity index (χ2n) is 5.23. The predicted molar refractivity (Wildman–Crippen MR) is 82.9 cm³/mol. The van der Waals surface area contributed by atoms with E-state index in [1.807, 2.05) is 20.8 Å². The lowest BCUT2D eigenvalue weighted by atomic mass is 10.0. The summed E-state index contributed by atoms with van der Waals surface area (Å²) in [6.07, 6.45) is 0. The van der Waals surface area contributed by atoms with Crippen molar-refractivity contribution in [2.75, 3.05) is 0 Å². The smallest absolute Gasteiger partial charge is 0.275 e. The van der Waals surface area contributed by atoms with Gasteiger partial charge in [-0.25, -0.2) is 13.1 Å². The van der Waals surface area contributed by atoms with Crippen molar-refractivity contribution in [2.24, 2.45) is 7.05 Å². The lowest BCUT2D eigenvalue weighted by Gasteiger charge is -2.08.